The van der Waals surface area contributed by atoms with E-state index in [4.69, 9.17) is 16.0 Å². The number of halogens is 1. The number of thiophene rings is 1. The largest absolute Gasteiger partial charge is 0.418 e. The third-order valence-electron chi connectivity index (χ3n) is 3.65. The van der Waals surface area contributed by atoms with Gasteiger partial charge in [0.25, 0.3) is 5.89 Å². The summed E-state index contributed by atoms with van der Waals surface area (Å²) >= 11 is 7.33. The molecule has 0 atom stereocenters. The number of hydrogen-bond donors (Lipinski definition) is 0. The maximum atomic E-state index is 12.7. The van der Waals surface area contributed by atoms with Gasteiger partial charge in [-0.15, -0.1) is 21.5 Å². The molecule has 0 N–H and O–H groups in total. The average Bonchev–Trinajstić information content (AvgIpc) is 3.32. The molecule has 3 aromatic rings. The number of sulfonamides is 1. The summed E-state index contributed by atoms with van der Waals surface area (Å²) in [7, 11) is -3.64. The van der Waals surface area contributed by atoms with Crippen molar-refractivity contribution in [3.8, 4) is 10.8 Å². The van der Waals surface area contributed by atoms with Gasteiger partial charge < -0.3 is 4.42 Å². The summed E-state index contributed by atoms with van der Waals surface area (Å²) in [5, 5.41) is 11.7. The lowest BCUT2D eigenvalue weighted by atomic mass is 10.2. The van der Waals surface area contributed by atoms with Crippen molar-refractivity contribution >= 4 is 39.0 Å². The molecule has 0 unspecified atom stereocenters. The molecule has 0 aliphatic carbocycles. The van der Waals surface area contributed by atoms with Gasteiger partial charge >= 0.3 is 0 Å². The van der Waals surface area contributed by atoms with E-state index in [-0.39, 0.29) is 12.4 Å². The molecular formula is C18H18ClN3O3S2. The Morgan fingerprint density at radius 3 is 2.67 bits per heavy atom. The summed E-state index contributed by atoms with van der Waals surface area (Å²) < 4.78 is 32.4. The van der Waals surface area contributed by atoms with Crippen LogP contribution in [0.2, 0.25) is 5.02 Å². The Balaban J connectivity index is 1.76. The second-order valence-electron chi connectivity index (χ2n) is 5.71. The van der Waals surface area contributed by atoms with E-state index in [1.165, 1.54) is 21.1 Å². The number of hydrogen-bond acceptors (Lipinski definition) is 6. The monoisotopic (exact) mass is 423 g/mol. The van der Waals surface area contributed by atoms with E-state index in [9.17, 15) is 8.42 Å². The minimum atomic E-state index is -3.64. The summed E-state index contributed by atoms with van der Waals surface area (Å²) in [6.45, 7) is 2.29. The zero-order valence-electron chi connectivity index (χ0n) is 14.6. The average molecular weight is 424 g/mol. The molecule has 6 nitrogen and oxygen atoms in total. The van der Waals surface area contributed by atoms with Crippen LogP contribution >= 0.6 is 22.9 Å². The molecule has 0 aliphatic heterocycles. The predicted molar refractivity (Wildman–Crippen MR) is 108 cm³/mol. The first-order valence-electron chi connectivity index (χ1n) is 8.28. The Labute approximate surface area is 167 Å². The lowest BCUT2D eigenvalue weighted by molar-refractivity contribution is 0.361. The van der Waals surface area contributed by atoms with Crippen molar-refractivity contribution in [3.63, 3.8) is 0 Å². The van der Waals surface area contributed by atoms with Crippen LogP contribution in [0.15, 0.2) is 51.6 Å². The summed E-state index contributed by atoms with van der Waals surface area (Å²) in [4.78, 5) is 0.848. The molecule has 0 spiro atoms. The number of benzene rings is 1. The van der Waals surface area contributed by atoms with Crippen LogP contribution in [0.4, 0.5) is 0 Å². The highest BCUT2D eigenvalue weighted by atomic mass is 35.5. The summed E-state index contributed by atoms with van der Waals surface area (Å²) in [5.41, 5.74) is 0.747. The van der Waals surface area contributed by atoms with Gasteiger partial charge in [-0.3, -0.25) is 0 Å². The van der Waals surface area contributed by atoms with Crippen molar-refractivity contribution in [3.05, 3.63) is 63.7 Å². The molecule has 2 aromatic heterocycles. The van der Waals surface area contributed by atoms with Gasteiger partial charge in [0.1, 0.15) is 0 Å². The van der Waals surface area contributed by atoms with Crippen molar-refractivity contribution in [2.45, 2.75) is 19.9 Å². The molecule has 0 amide bonds. The Bertz CT molecular complexity index is 997. The fourth-order valence-corrected chi connectivity index (χ4v) is 4.34. The predicted octanol–water partition coefficient (Wildman–Crippen LogP) is 4.66. The molecule has 0 aliphatic rings. The highest BCUT2D eigenvalue weighted by Gasteiger charge is 2.22. The van der Waals surface area contributed by atoms with Crippen LogP contribution in [0.3, 0.4) is 0 Å². The van der Waals surface area contributed by atoms with Gasteiger partial charge in [0.05, 0.1) is 11.4 Å². The highest BCUT2D eigenvalue weighted by Crippen LogP contribution is 2.24. The summed E-state index contributed by atoms with van der Waals surface area (Å²) in [6, 6.07) is 10.7. The van der Waals surface area contributed by atoms with Crippen molar-refractivity contribution in [1.82, 2.24) is 14.5 Å². The Morgan fingerprint density at radius 1 is 1.22 bits per heavy atom. The molecule has 9 heteroatoms. The van der Waals surface area contributed by atoms with E-state index in [1.807, 2.05) is 24.4 Å². The minimum absolute atomic E-state index is 0.0273. The van der Waals surface area contributed by atoms with Crippen LogP contribution in [0.5, 0.6) is 0 Å². The Morgan fingerprint density at radius 2 is 2.00 bits per heavy atom. The smallest absolute Gasteiger partial charge is 0.257 e. The van der Waals surface area contributed by atoms with Gasteiger partial charge in [0.2, 0.25) is 15.9 Å². The maximum Gasteiger partial charge on any atom is 0.257 e. The molecule has 0 fully saturated rings. The second kappa shape index (κ2) is 8.79. The van der Waals surface area contributed by atoms with E-state index >= 15 is 0 Å². The highest BCUT2D eigenvalue weighted by molar-refractivity contribution is 7.92. The van der Waals surface area contributed by atoms with Gasteiger partial charge in [0.15, 0.2) is 0 Å². The van der Waals surface area contributed by atoms with Crippen LogP contribution in [0.1, 0.15) is 24.8 Å². The van der Waals surface area contributed by atoms with Crippen molar-refractivity contribution in [2.75, 3.05) is 6.54 Å². The SMILES string of the molecule is CCCN(Cc1nnc(-c2cccs2)o1)S(=O)(=O)C=Cc1ccc(Cl)cc1. The molecular weight excluding hydrogens is 406 g/mol. The van der Waals surface area contributed by atoms with Crippen LogP contribution in [-0.2, 0) is 16.6 Å². The summed E-state index contributed by atoms with van der Waals surface area (Å²) in [5.74, 6) is 0.654. The van der Waals surface area contributed by atoms with Crippen molar-refractivity contribution in [2.24, 2.45) is 0 Å². The van der Waals surface area contributed by atoms with Gasteiger partial charge in [-0.1, -0.05) is 36.7 Å². The maximum absolute atomic E-state index is 12.7. The first-order chi connectivity index (χ1) is 13.0. The number of nitrogens with zero attached hydrogens (tertiary/aromatic N) is 3. The third-order valence-corrected chi connectivity index (χ3v) is 6.27. The molecule has 0 saturated carbocycles. The molecule has 2 heterocycles. The zero-order chi connectivity index (χ0) is 19.3. The molecule has 27 heavy (non-hydrogen) atoms. The standard InChI is InChI=1S/C18H18ClN3O3S2/c1-2-10-22(13-17-20-21-18(25-17)16-4-3-11-26-16)27(23,24)12-9-14-5-7-15(19)8-6-14/h3-9,11-12H,2,10,13H2,1H3. The van der Waals surface area contributed by atoms with Gasteiger partial charge in [-0.05, 0) is 41.6 Å². The van der Waals surface area contributed by atoms with Gasteiger partial charge in [-0.25, -0.2) is 8.42 Å². The van der Waals surface area contributed by atoms with E-state index in [0.717, 1.165) is 10.4 Å². The van der Waals surface area contributed by atoms with Gasteiger partial charge in [-0.2, -0.15) is 4.31 Å². The fraction of sp³-hybridized carbons (Fsp3) is 0.222. The van der Waals surface area contributed by atoms with Gasteiger partial charge in [0, 0.05) is 17.0 Å². The Hall–Kier alpha value is -2.00. The second-order valence-corrected chi connectivity index (χ2v) is 8.91. The zero-order valence-corrected chi connectivity index (χ0v) is 17.0. The molecule has 142 valence electrons. The van der Waals surface area contributed by atoms with E-state index < -0.39 is 10.0 Å². The van der Waals surface area contributed by atoms with E-state index in [0.29, 0.717) is 23.9 Å². The van der Waals surface area contributed by atoms with E-state index in [2.05, 4.69) is 10.2 Å². The van der Waals surface area contributed by atoms with Crippen LogP contribution < -0.4 is 0 Å². The molecule has 1 aromatic carbocycles. The first-order valence-corrected chi connectivity index (χ1v) is 11.0. The molecule has 3 rings (SSSR count). The molecule has 0 bridgehead atoms. The fourth-order valence-electron chi connectivity index (χ4n) is 2.34. The van der Waals surface area contributed by atoms with Crippen LogP contribution in [-0.4, -0.2) is 29.5 Å². The van der Waals surface area contributed by atoms with E-state index in [1.54, 1.807) is 30.3 Å². The molecule has 0 radical (unpaired) electrons. The number of aromatic nitrogens is 2. The lowest BCUT2D eigenvalue weighted by Gasteiger charge is -2.17. The lowest BCUT2D eigenvalue weighted by Crippen LogP contribution is -2.29. The van der Waals surface area contributed by atoms with Crippen LogP contribution in [0.25, 0.3) is 16.8 Å². The quantitative estimate of drug-likeness (QED) is 0.526. The van der Waals surface area contributed by atoms with Crippen molar-refractivity contribution in [1.29, 1.82) is 0 Å². The van der Waals surface area contributed by atoms with Crippen molar-refractivity contribution < 1.29 is 12.8 Å². The number of rotatable bonds is 8. The summed E-state index contributed by atoms with van der Waals surface area (Å²) in [6.07, 6.45) is 2.21. The van der Waals surface area contributed by atoms with Crippen LogP contribution in [0, 0.1) is 0 Å². The first kappa shape index (κ1) is 19.8. The normalized spacial score (nSPS) is 12.3. The third kappa shape index (κ3) is 5.26. The topological polar surface area (TPSA) is 76.3 Å². The molecule has 0 saturated heterocycles. The minimum Gasteiger partial charge on any atom is -0.418 e. The Kier molecular flexibility index (Phi) is 6.43.